The van der Waals surface area contributed by atoms with Crippen LogP contribution < -0.4 is 5.73 Å². The van der Waals surface area contributed by atoms with Gasteiger partial charge in [0.15, 0.2) is 11.1 Å². The Bertz CT molecular complexity index is 65.8. The van der Waals surface area contributed by atoms with Gasteiger partial charge in [0.2, 0.25) is 0 Å². The van der Waals surface area contributed by atoms with E-state index in [1.807, 2.05) is 0 Å². The van der Waals surface area contributed by atoms with Crippen LogP contribution in [0.5, 0.6) is 0 Å². The van der Waals surface area contributed by atoms with E-state index in [1.165, 1.54) is 13.8 Å². The number of rotatable bonds is 2. The third-order valence-corrected chi connectivity index (χ3v) is 0.273. The maximum atomic E-state index is 9.27. The summed E-state index contributed by atoms with van der Waals surface area (Å²) in [5.41, 5.74) is 4.20. The molecule has 0 aliphatic heterocycles. The lowest BCUT2D eigenvalue weighted by atomic mass is 10.3. The number of nitrogens with zero attached hydrogens (tertiary/aromatic N) is 1. The van der Waals surface area contributed by atoms with Crippen molar-refractivity contribution in [3.63, 3.8) is 0 Å². The minimum Gasteiger partial charge on any atom is -0.342 e. The van der Waals surface area contributed by atoms with E-state index in [9.17, 15) is 4.91 Å². The van der Waals surface area contributed by atoms with E-state index < -0.39 is 5.72 Å². The summed E-state index contributed by atoms with van der Waals surface area (Å²) in [5.74, 6) is 0. The molecule has 0 atom stereocenters. The Hall–Kier alpha value is -0.640. The molecule has 0 saturated carbocycles. The first-order valence-corrected chi connectivity index (χ1v) is 1.86. The number of nitrogens with two attached hydrogens (primary N) is 1. The molecular weight excluding hydrogens is 96.0 g/mol. The topological polar surface area (TPSA) is 64.7 Å². The standard InChI is InChI=1S/C3H8N2O2/c1-3(2,4)7-5-6/h4H2,1-2H3. The summed E-state index contributed by atoms with van der Waals surface area (Å²) in [4.78, 5) is 13.3. The molecule has 2 N–H and O–H groups in total. The second-order valence-corrected chi connectivity index (χ2v) is 1.77. The van der Waals surface area contributed by atoms with E-state index in [1.54, 1.807) is 0 Å². The first-order chi connectivity index (χ1) is 3.06. The largest absolute Gasteiger partial charge is 0.342 e. The predicted octanol–water partition coefficient (Wildman–Crippen LogP) is 0.379. The molecule has 0 radical (unpaired) electrons. The Morgan fingerprint density at radius 1 is 1.71 bits per heavy atom. The normalized spacial score (nSPS) is 10.7. The van der Waals surface area contributed by atoms with Crippen molar-refractivity contribution in [2.45, 2.75) is 19.6 Å². The maximum absolute atomic E-state index is 9.27. The van der Waals surface area contributed by atoms with Gasteiger partial charge in [0.05, 0.1) is 0 Å². The van der Waals surface area contributed by atoms with Gasteiger partial charge in [-0.15, -0.1) is 4.91 Å². The predicted molar refractivity (Wildman–Crippen MR) is 25.1 cm³/mol. The molecule has 0 spiro atoms. The average molecular weight is 104 g/mol. The smallest absolute Gasteiger partial charge is 0.184 e. The highest BCUT2D eigenvalue weighted by molar-refractivity contribution is 4.52. The van der Waals surface area contributed by atoms with Gasteiger partial charge in [-0.1, -0.05) is 0 Å². The molecule has 0 rings (SSSR count). The van der Waals surface area contributed by atoms with Crippen molar-refractivity contribution in [2.75, 3.05) is 0 Å². The summed E-state index contributed by atoms with van der Waals surface area (Å²) < 4.78 is 0. The quantitative estimate of drug-likeness (QED) is 0.313. The Labute approximate surface area is 41.6 Å². The Balaban J connectivity index is 3.34. The number of hydrogen-bond donors (Lipinski definition) is 1. The van der Waals surface area contributed by atoms with E-state index in [2.05, 4.69) is 10.2 Å². The minimum atomic E-state index is -0.929. The van der Waals surface area contributed by atoms with Gasteiger partial charge < -0.3 is 4.84 Å². The fraction of sp³-hybridized carbons (Fsp3) is 1.00. The molecule has 0 aromatic carbocycles. The molecule has 7 heavy (non-hydrogen) atoms. The molecule has 0 saturated heterocycles. The van der Waals surface area contributed by atoms with Crippen molar-refractivity contribution < 1.29 is 4.84 Å². The highest BCUT2D eigenvalue weighted by Crippen LogP contribution is 1.96. The highest BCUT2D eigenvalue weighted by atomic mass is 16.7. The van der Waals surface area contributed by atoms with Crippen LogP contribution in [0.4, 0.5) is 0 Å². The zero-order chi connectivity index (χ0) is 5.91. The van der Waals surface area contributed by atoms with E-state index in [-0.39, 0.29) is 0 Å². The van der Waals surface area contributed by atoms with E-state index in [0.717, 1.165) is 0 Å². The van der Waals surface area contributed by atoms with Crippen molar-refractivity contribution in [3.8, 4) is 0 Å². The Morgan fingerprint density at radius 3 is 2.14 bits per heavy atom. The summed E-state index contributed by atoms with van der Waals surface area (Å²) in [5, 5.41) is 2.13. The van der Waals surface area contributed by atoms with Gasteiger partial charge in [-0.25, -0.2) is 0 Å². The minimum absolute atomic E-state index is 0.929. The molecule has 0 aliphatic carbocycles. The van der Waals surface area contributed by atoms with Gasteiger partial charge in [-0.3, -0.25) is 5.73 Å². The lowest BCUT2D eigenvalue weighted by Gasteiger charge is -2.11. The van der Waals surface area contributed by atoms with Gasteiger partial charge in [-0.2, -0.15) is 0 Å². The zero-order valence-corrected chi connectivity index (χ0v) is 4.34. The summed E-state index contributed by atoms with van der Waals surface area (Å²) in [6, 6.07) is 0. The lowest BCUT2D eigenvalue weighted by Crippen LogP contribution is -2.33. The lowest BCUT2D eigenvalue weighted by molar-refractivity contribution is -0.0121. The highest BCUT2D eigenvalue weighted by Gasteiger charge is 2.10. The van der Waals surface area contributed by atoms with Crippen LogP contribution in [0.1, 0.15) is 13.8 Å². The molecular formula is C3H8N2O2. The fourth-order valence-corrected chi connectivity index (χ4v) is 0.0961. The summed E-state index contributed by atoms with van der Waals surface area (Å²) in [6.07, 6.45) is 0. The first-order valence-electron chi connectivity index (χ1n) is 1.86. The van der Waals surface area contributed by atoms with Crippen LogP contribution in [0.3, 0.4) is 0 Å². The van der Waals surface area contributed by atoms with Crippen molar-refractivity contribution in [1.29, 1.82) is 0 Å². The SMILES string of the molecule is CC(C)(N)ON=O. The Kier molecular flexibility index (Phi) is 1.71. The second-order valence-electron chi connectivity index (χ2n) is 1.77. The van der Waals surface area contributed by atoms with Crippen LogP contribution in [0.2, 0.25) is 0 Å². The van der Waals surface area contributed by atoms with Gasteiger partial charge in [-0.05, 0) is 13.8 Å². The summed E-state index contributed by atoms with van der Waals surface area (Å²) in [6.45, 7) is 3.07. The fourth-order valence-electron chi connectivity index (χ4n) is 0.0961. The van der Waals surface area contributed by atoms with E-state index in [0.29, 0.717) is 0 Å². The maximum Gasteiger partial charge on any atom is 0.184 e. The molecule has 0 unspecified atom stereocenters. The van der Waals surface area contributed by atoms with Crippen molar-refractivity contribution in [1.82, 2.24) is 0 Å². The summed E-state index contributed by atoms with van der Waals surface area (Å²) in [7, 11) is 0. The van der Waals surface area contributed by atoms with Crippen LogP contribution in [0.25, 0.3) is 0 Å². The first kappa shape index (κ1) is 6.36. The second kappa shape index (κ2) is 1.88. The summed E-state index contributed by atoms with van der Waals surface area (Å²) >= 11 is 0. The van der Waals surface area contributed by atoms with Crippen LogP contribution in [-0.2, 0) is 4.84 Å². The van der Waals surface area contributed by atoms with Crippen LogP contribution >= 0.6 is 0 Å². The molecule has 0 fully saturated rings. The van der Waals surface area contributed by atoms with Crippen molar-refractivity contribution in [3.05, 3.63) is 4.91 Å². The van der Waals surface area contributed by atoms with Crippen LogP contribution in [0, 0.1) is 4.91 Å². The van der Waals surface area contributed by atoms with Gasteiger partial charge in [0.25, 0.3) is 0 Å². The third-order valence-electron chi connectivity index (χ3n) is 0.273. The molecule has 4 heteroatoms. The van der Waals surface area contributed by atoms with Crippen molar-refractivity contribution >= 4 is 0 Å². The van der Waals surface area contributed by atoms with Gasteiger partial charge in [0.1, 0.15) is 0 Å². The van der Waals surface area contributed by atoms with Gasteiger partial charge >= 0.3 is 0 Å². The average Bonchev–Trinajstić information content (AvgIpc) is 1.30. The third kappa shape index (κ3) is 5.36. The molecule has 0 aliphatic rings. The molecule has 4 nitrogen and oxygen atoms in total. The molecule has 0 aromatic heterocycles. The van der Waals surface area contributed by atoms with Crippen LogP contribution in [0.15, 0.2) is 5.34 Å². The number of hydrogen-bond acceptors (Lipinski definition) is 4. The Morgan fingerprint density at radius 2 is 2.14 bits per heavy atom. The van der Waals surface area contributed by atoms with E-state index >= 15 is 0 Å². The zero-order valence-electron chi connectivity index (χ0n) is 4.34. The molecule has 0 aromatic rings. The monoisotopic (exact) mass is 104 g/mol. The molecule has 0 amide bonds. The van der Waals surface area contributed by atoms with Gasteiger partial charge in [0, 0.05) is 0 Å². The molecule has 0 bridgehead atoms. The molecule has 0 heterocycles. The van der Waals surface area contributed by atoms with Crippen LogP contribution in [-0.4, -0.2) is 5.72 Å². The molecule has 42 valence electrons. The van der Waals surface area contributed by atoms with E-state index in [4.69, 9.17) is 5.73 Å². The van der Waals surface area contributed by atoms with Crippen molar-refractivity contribution in [2.24, 2.45) is 11.1 Å².